The number of H-pyrrole nitrogens is 1. The first-order chi connectivity index (χ1) is 10.1. The van der Waals surface area contributed by atoms with Crippen LogP contribution >= 0.6 is 23.6 Å². The fourth-order valence-electron chi connectivity index (χ4n) is 2.88. The van der Waals surface area contributed by atoms with E-state index in [-0.39, 0.29) is 18.1 Å². The molecule has 0 bridgehead atoms. The molecule has 2 atom stereocenters. The molecule has 0 radical (unpaired) electrons. The second-order valence-corrected chi connectivity index (χ2v) is 7.31. The smallest absolute Gasteiger partial charge is 0.228 e. The number of ether oxygens (including phenoxy) is 2. The van der Waals surface area contributed by atoms with E-state index in [1.165, 1.54) is 11.3 Å². The predicted molar refractivity (Wildman–Crippen MR) is 83.2 cm³/mol. The monoisotopic (exact) mass is 328 g/mol. The summed E-state index contributed by atoms with van der Waals surface area (Å²) in [5, 5.41) is 0. The summed E-state index contributed by atoms with van der Waals surface area (Å²) < 4.78 is 12.2. The van der Waals surface area contributed by atoms with Gasteiger partial charge in [-0.3, -0.25) is 4.79 Å². The van der Waals surface area contributed by atoms with Crippen molar-refractivity contribution in [2.75, 3.05) is 26.3 Å². The number of nitrogens with zero attached hydrogens (tertiary/aromatic N) is 1. The molecule has 3 rings (SSSR count). The van der Waals surface area contributed by atoms with E-state index in [9.17, 15) is 4.79 Å². The molecule has 3 heterocycles. The van der Waals surface area contributed by atoms with Crippen LogP contribution in [0.1, 0.15) is 23.4 Å². The Kier molecular flexibility index (Phi) is 4.73. The topological polar surface area (TPSA) is 54.6 Å². The van der Waals surface area contributed by atoms with Crippen LogP contribution in [-0.2, 0) is 20.7 Å². The number of carbonyl (C=O) groups excluding carboxylic acids is 1. The maximum atomic E-state index is 12.5. The quantitative estimate of drug-likeness (QED) is 0.863. The number of morpholine rings is 1. The van der Waals surface area contributed by atoms with E-state index in [1.54, 1.807) is 0 Å². The highest BCUT2D eigenvalue weighted by Gasteiger charge is 2.32. The number of thiazole rings is 1. The van der Waals surface area contributed by atoms with Crippen molar-refractivity contribution in [3.8, 4) is 0 Å². The fraction of sp³-hybridized carbons (Fsp3) is 0.714. The maximum Gasteiger partial charge on any atom is 0.228 e. The Balaban J connectivity index is 1.61. The molecule has 1 aromatic rings. The molecule has 2 saturated heterocycles. The van der Waals surface area contributed by atoms with Gasteiger partial charge >= 0.3 is 0 Å². The highest BCUT2D eigenvalue weighted by Crippen LogP contribution is 2.22. The van der Waals surface area contributed by atoms with Gasteiger partial charge in [0.05, 0.1) is 19.1 Å². The van der Waals surface area contributed by atoms with Gasteiger partial charge in [0.2, 0.25) is 5.91 Å². The predicted octanol–water partition coefficient (Wildman–Crippen LogP) is 2.06. The van der Waals surface area contributed by atoms with Crippen LogP contribution in [0.25, 0.3) is 0 Å². The van der Waals surface area contributed by atoms with Gasteiger partial charge in [0.1, 0.15) is 6.10 Å². The molecule has 1 aromatic heterocycles. The molecule has 2 aliphatic heterocycles. The van der Waals surface area contributed by atoms with Gasteiger partial charge in [0, 0.05) is 30.3 Å². The van der Waals surface area contributed by atoms with E-state index in [4.69, 9.17) is 21.7 Å². The van der Waals surface area contributed by atoms with Gasteiger partial charge in [0.25, 0.3) is 0 Å². The lowest BCUT2D eigenvalue weighted by atomic mass is 10.1. The molecule has 2 aliphatic rings. The molecule has 21 heavy (non-hydrogen) atoms. The zero-order chi connectivity index (χ0) is 14.8. The van der Waals surface area contributed by atoms with Crippen LogP contribution in [0.5, 0.6) is 0 Å². The summed E-state index contributed by atoms with van der Waals surface area (Å²) in [5.41, 5.74) is 1.00. The molecule has 1 N–H and O–H groups in total. The zero-order valence-electron chi connectivity index (χ0n) is 12.1. The van der Waals surface area contributed by atoms with Crippen LogP contribution < -0.4 is 0 Å². The van der Waals surface area contributed by atoms with Crippen LogP contribution in [-0.4, -0.2) is 54.3 Å². The van der Waals surface area contributed by atoms with Crippen molar-refractivity contribution >= 4 is 29.5 Å². The van der Waals surface area contributed by atoms with Crippen molar-refractivity contribution < 1.29 is 14.3 Å². The van der Waals surface area contributed by atoms with E-state index >= 15 is 0 Å². The summed E-state index contributed by atoms with van der Waals surface area (Å²) in [5.74, 6) is 0.148. The highest BCUT2D eigenvalue weighted by molar-refractivity contribution is 7.73. The van der Waals surface area contributed by atoms with Gasteiger partial charge in [-0.25, -0.2) is 0 Å². The fourth-order valence-corrected chi connectivity index (χ4v) is 4.16. The molecule has 0 saturated carbocycles. The third-order valence-electron chi connectivity index (χ3n) is 4.06. The normalized spacial score (nSPS) is 26.2. The van der Waals surface area contributed by atoms with Crippen molar-refractivity contribution in [3.05, 3.63) is 14.5 Å². The molecule has 1 amide bonds. The van der Waals surface area contributed by atoms with Crippen molar-refractivity contribution in [1.29, 1.82) is 0 Å². The number of amides is 1. The summed E-state index contributed by atoms with van der Waals surface area (Å²) in [6, 6.07) is 0. The van der Waals surface area contributed by atoms with Crippen LogP contribution in [0.3, 0.4) is 0 Å². The Hall–Kier alpha value is -0.760. The summed E-state index contributed by atoms with van der Waals surface area (Å²) in [6.07, 6.45) is 2.71. The number of nitrogens with one attached hydrogen (secondary N) is 1. The highest BCUT2D eigenvalue weighted by atomic mass is 32.1. The third kappa shape index (κ3) is 3.53. The number of rotatable bonds is 3. The summed E-state index contributed by atoms with van der Waals surface area (Å²) in [6.45, 7) is 4.67. The Morgan fingerprint density at radius 3 is 2.90 bits per heavy atom. The zero-order valence-corrected chi connectivity index (χ0v) is 13.7. The molecule has 7 heteroatoms. The molecule has 0 aliphatic carbocycles. The van der Waals surface area contributed by atoms with E-state index in [0.717, 1.165) is 34.0 Å². The van der Waals surface area contributed by atoms with Gasteiger partial charge in [0.15, 0.2) is 3.95 Å². The van der Waals surface area contributed by atoms with E-state index < -0.39 is 0 Å². The lowest BCUT2D eigenvalue weighted by Crippen LogP contribution is -2.50. The minimum atomic E-state index is 0.0238. The number of aromatic nitrogens is 1. The summed E-state index contributed by atoms with van der Waals surface area (Å²) >= 11 is 6.61. The van der Waals surface area contributed by atoms with Gasteiger partial charge in [-0.05, 0) is 32.0 Å². The van der Waals surface area contributed by atoms with Gasteiger partial charge in [-0.1, -0.05) is 0 Å². The molecule has 0 unspecified atom stereocenters. The number of hydrogen-bond acceptors (Lipinski definition) is 5. The standard InChI is InChI=1S/C14H20N2O3S2/c1-9-12(21-14(20)15-9)7-13(17)16-4-6-19-11(8-16)10-3-2-5-18-10/h10-11H,2-8H2,1H3,(H,15,20)/t10-,11-/m0/s1. The summed E-state index contributed by atoms with van der Waals surface area (Å²) in [4.78, 5) is 18.5. The first-order valence-electron chi connectivity index (χ1n) is 7.33. The van der Waals surface area contributed by atoms with Crippen LogP contribution in [0.2, 0.25) is 0 Å². The number of aromatic amines is 1. The largest absolute Gasteiger partial charge is 0.375 e. The lowest BCUT2D eigenvalue weighted by Gasteiger charge is -2.35. The first kappa shape index (κ1) is 15.1. The Morgan fingerprint density at radius 1 is 1.43 bits per heavy atom. The second-order valence-electron chi connectivity index (χ2n) is 5.54. The SMILES string of the molecule is Cc1[nH]c(=S)sc1CC(=O)N1CCO[C@H]([C@@H]2CCCO2)C1. The van der Waals surface area contributed by atoms with E-state index in [0.29, 0.717) is 26.1 Å². The minimum Gasteiger partial charge on any atom is -0.375 e. The van der Waals surface area contributed by atoms with Gasteiger partial charge in [-0.15, -0.1) is 11.3 Å². The molecule has 0 spiro atoms. The molecule has 0 aromatic carbocycles. The van der Waals surface area contributed by atoms with Crippen LogP contribution in [0.15, 0.2) is 0 Å². The van der Waals surface area contributed by atoms with E-state index in [2.05, 4.69) is 4.98 Å². The van der Waals surface area contributed by atoms with Crippen LogP contribution in [0.4, 0.5) is 0 Å². The number of carbonyl (C=O) groups is 1. The molecular weight excluding hydrogens is 308 g/mol. The van der Waals surface area contributed by atoms with E-state index in [1.807, 2.05) is 11.8 Å². The maximum absolute atomic E-state index is 12.5. The molecule has 2 fully saturated rings. The van der Waals surface area contributed by atoms with Crippen molar-refractivity contribution in [2.24, 2.45) is 0 Å². The Bertz CT molecular complexity index is 563. The Morgan fingerprint density at radius 2 is 2.24 bits per heavy atom. The average molecular weight is 328 g/mol. The number of hydrogen-bond donors (Lipinski definition) is 1. The van der Waals surface area contributed by atoms with Gasteiger partial charge < -0.3 is 19.4 Å². The molecule has 116 valence electrons. The second kappa shape index (κ2) is 6.56. The molecule has 5 nitrogen and oxygen atoms in total. The first-order valence-corrected chi connectivity index (χ1v) is 8.55. The third-order valence-corrected chi connectivity index (χ3v) is 5.40. The minimum absolute atomic E-state index is 0.0238. The summed E-state index contributed by atoms with van der Waals surface area (Å²) in [7, 11) is 0. The average Bonchev–Trinajstić information content (AvgIpc) is 3.09. The number of aryl methyl sites for hydroxylation is 1. The molecular formula is C14H20N2O3S2. The Labute approximate surface area is 133 Å². The van der Waals surface area contributed by atoms with Crippen molar-refractivity contribution in [2.45, 2.75) is 38.4 Å². The van der Waals surface area contributed by atoms with Crippen molar-refractivity contribution in [3.63, 3.8) is 0 Å². The van der Waals surface area contributed by atoms with Crippen molar-refractivity contribution in [1.82, 2.24) is 9.88 Å². The lowest BCUT2D eigenvalue weighted by molar-refractivity contribution is -0.144. The van der Waals surface area contributed by atoms with Crippen LogP contribution in [0, 0.1) is 10.9 Å². The van der Waals surface area contributed by atoms with Gasteiger partial charge in [-0.2, -0.15) is 0 Å².